The van der Waals surface area contributed by atoms with Crippen LogP contribution in [0.4, 0.5) is 38.0 Å². The van der Waals surface area contributed by atoms with Gasteiger partial charge in [-0.1, -0.05) is 0 Å². The second-order valence-electron chi connectivity index (χ2n) is 13.0. The number of fused-ring (bicyclic) bond motifs is 4. The Hall–Kier alpha value is -3.39. The number of rotatable bonds is 5. The molecule has 4 saturated heterocycles. The summed E-state index contributed by atoms with van der Waals surface area (Å²) < 4.78 is 95.3. The maximum absolute atomic E-state index is 16.5. The Morgan fingerprint density at radius 2 is 1.93 bits per heavy atom. The first kappa shape index (κ1) is 29.3. The minimum absolute atomic E-state index is 0.000489. The largest absolute Gasteiger partial charge is 0.461 e. The van der Waals surface area contributed by atoms with Crippen molar-refractivity contribution in [1.29, 1.82) is 0 Å². The van der Waals surface area contributed by atoms with Gasteiger partial charge in [-0.3, -0.25) is 4.90 Å². The summed E-state index contributed by atoms with van der Waals surface area (Å²) in [6.07, 6.45) is -2.26. The lowest BCUT2D eigenvalue weighted by atomic mass is 9.95. The van der Waals surface area contributed by atoms with Crippen LogP contribution in [0.5, 0.6) is 6.01 Å². The lowest BCUT2D eigenvalue weighted by molar-refractivity contribution is -0.137. The van der Waals surface area contributed by atoms with E-state index in [9.17, 15) is 17.6 Å². The monoisotopic (exact) mass is 621 g/mol. The van der Waals surface area contributed by atoms with Crippen molar-refractivity contribution < 1.29 is 31.1 Å². The molecule has 4 atom stereocenters. The summed E-state index contributed by atoms with van der Waals surface area (Å²) in [7, 11) is 0. The highest BCUT2D eigenvalue weighted by Gasteiger charge is 2.49. The van der Waals surface area contributed by atoms with Crippen LogP contribution >= 0.6 is 0 Å². The van der Waals surface area contributed by atoms with Gasteiger partial charge in [0.15, 0.2) is 5.82 Å². The average Bonchev–Trinajstić information content (AvgIpc) is 3.54. The summed E-state index contributed by atoms with van der Waals surface area (Å²) in [5.41, 5.74) is 0.997. The summed E-state index contributed by atoms with van der Waals surface area (Å²) in [6.45, 7) is 5.30. The molecule has 4 fully saturated rings. The van der Waals surface area contributed by atoms with Crippen molar-refractivity contribution in [3.05, 3.63) is 34.9 Å². The molecule has 44 heavy (non-hydrogen) atoms. The summed E-state index contributed by atoms with van der Waals surface area (Å²) in [5.74, 6) is -2.67. The van der Waals surface area contributed by atoms with E-state index in [4.69, 9.17) is 10.5 Å². The first-order valence-corrected chi connectivity index (χ1v) is 14.8. The van der Waals surface area contributed by atoms with Crippen molar-refractivity contribution in [1.82, 2.24) is 25.2 Å². The van der Waals surface area contributed by atoms with Crippen LogP contribution < -0.4 is 20.7 Å². The molecule has 0 spiro atoms. The third-order valence-corrected chi connectivity index (χ3v) is 9.71. The minimum Gasteiger partial charge on any atom is -0.461 e. The minimum atomic E-state index is -4.96. The van der Waals surface area contributed by atoms with Gasteiger partial charge in [-0.2, -0.15) is 23.1 Å². The van der Waals surface area contributed by atoms with E-state index >= 15 is 8.78 Å². The number of hydrogen-bond acceptors (Lipinski definition) is 8. The molecule has 2 bridgehead atoms. The van der Waals surface area contributed by atoms with Gasteiger partial charge in [-0.25, -0.2) is 18.2 Å². The summed E-state index contributed by atoms with van der Waals surface area (Å²) >= 11 is 0. The van der Waals surface area contributed by atoms with E-state index in [1.165, 1.54) is 0 Å². The van der Waals surface area contributed by atoms with Gasteiger partial charge in [0, 0.05) is 43.0 Å². The van der Waals surface area contributed by atoms with Crippen LogP contribution in [-0.4, -0.2) is 75.9 Å². The molecule has 7 rings (SSSR count). The zero-order valence-corrected chi connectivity index (χ0v) is 24.4. The molecule has 0 unspecified atom stereocenters. The van der Waals surface area contributed by atoms with Gasteiger partial charge in [-0.05, 0) is 63.8 Å². The third kappa shape index (κ3) is 4.81. The van der Waals surface area contributed by atoms with E-state index in [1.807, 2.05) is 4.90 Å². The quantitative estimate of drug-likeness (QED) is 0.378. The fourth-order valence-corrected chi connectivity index (χ4v) is 7.87. The predicted octanol–water partition coefficient (Wildman–Crippen LogP) is 5.17. The average molecular weight is 622 g/mol. The van der Waals surface area contributed by atoms with E-state index < -0.39 is 51.9 Å². The Balaban J connectivity index is 1.39. The van der Waals surface area contributed by atoms with Crippen molar-refractivity contribution in [2.45, 2.75) is 75.4 Å². The van der Waals surface area contributed by atoms with E-state index in [0.717, 1.165) is 51.3 Å². The van der Waals surface area contributed by atoms with Crippen LogP contribution in [0.3, 0.4) is 0 Å². The molecule has 0 aliphatic carbocycles. The van der Waals surface area contributed by atoms with Gasteiger partial charge in [0.1, 0.15) is 35.7 Å². The molecule has 2 aromatic heterocycles. The molecule has 4 aliphatic rings. The molecular formula is C30H33F6N7O. The number of piperazine rings is 1. The number of aromatic nitrogens is 3. The van der Waals surface area contributed by atoms with E-state index in [2.05, 4.69) is 32.1 Å². The van der Waals surface area contributed by atoms with Crippen LogP contribution in [-0.2, 0) is 6.18 Å². The first-order valence-electron chi connectivity index (χ1n) is 14.8. The number of hydrogen-bond donors (Lipinski definition) is 2. The fourth-order valence-electron chi connectivity index (χ4n) is 7.87. The summed E-state index contributed by atoms with van der Waals surface area (Å²) in [6, 6.07) is 1.88. The van der Waals surface area contributed by atoms with E-state index in [-0.39, 0.29) is 53.2 Å². The number of benzene rings is 1. The molecule has 14 heteroatoms. The predicted molar refractivity (Wildman–Crippen MR) is 152 cm³/mol. The molecule has 1 aromatic carbocycles. The topological polar surface area (TPSA) is 92.4 Å². The molecule has 236 valence electrons. The Morgan fingerprint density at radius 1 is 1.14 bits per heavy atom. The number of aryl methyl sites for hydroxylation is 1. The number of nitrogens with zero attached hydrogens (tertiary/aromatic N) is 5. The van der Waals surface area contributed by atoms with Crippen LogP contribution in [0.15, 0.2) is 12.1 Å². The number of alkyl halides is 4. The summed E-state index contributed by atoms with van der Waals surface area (Å²) in [5, 5.41) is 3.57. The summed E-state index contributed by atoms with van der Waals surface area (Å²) in [4.78, 5) is 16.6. The molecule has 0 saturated carbocycles. The van der Waals surface area contributed by atoms with Crippen LogP contribution in [0.1, 0.15) is 50.2 Å². The molecular weight excluding hydrogens is 588 g/mol. The molecule has 6 heterocycles. The number of halogens is 6. The number of nitrogen functional groups attached to an aromatic ring is 1. The van der Waals surface area contributed by atoms with Crippen LogP contribution in [0, 0.1) is 18.6 Å². The van der Waals surface area contributed by atoms with Crippen molar-refractivity contribution >= 4 is 22.5 Å². The van der Waals surface area contributed by atoms with Gasteiger partial charge < -0.3 is 20.7 Å². The van der Waals surface area contributed by atoms with Gasteiger partial charge >= 0.3 is 12.2 Å². The van der Waals surface area contributed by atoms with Crippen molar-refractivity contribution in [2.24, 2.45) is 0 Å². The number of pyridine rings is 1. The molecule has 3 N–H and O–H groups in total. The molecule has 8 nitrogen and oxygen atoms in total. The van der Waals surface area contributed by atoms with Gasteiger partial charge in [-0.15, -0.1) is 0 Å². The molecule has 0 radical (unpaired) electrons. The fraction of sp³-hybridized carbons (Fsp3) is 0.567. The van der Waals surface area contributed by atoms with E-state index in [1.54, 1.807) is 0 Å². The Labute approximate surface area is 250 Å². The number of nitrogens with one attached hydrogen (secondary N) is 1. The van der Waals surface area contributed by atoms with Crippen molar-refractivity contribution in [3.8, 4) is 17.3 Å². The maximum Gasteiger partial charge on any atom is 0.418 e. The second kappa shape index (κ2) is 10.1. The lowest BCUT2D eigenvalue weighted by Crippen LogP contribution is -2.58. The molecule has 4 aliphatic heterocycles. The Kier molecular flexibility index (Phi) is 6.71. The number of anilines is 2. The van der Waals surface area contributed by atoms with Gasteiger partial charge in [0.05, 0.1) is 22.4 Å². The molecule has 0 amide bonds. The third-order valence-electron chi connectivity index (χ3n) is 9.71. The lowest BCUT2D eigenvalue weighted by Gasteiger charge is -2.40. The zero-order chi connectivity index (χ0) is 31.2. The highest BCUT2D eigenvalue weighted by atomic mass is 19.4. The van der Waals surface area contributed by atoms with Crippen molar-refractivity contribution in [2.75, 3.05) is 43.4 Å². The van der Waals surface area contributed by atoms with Crippen LogP contribution in [0.25, 0.3) is 22.2 Å². The van der Waals surface area contributed by atoms with Gasteiger partial charge in [0.25, 0.3) is 0 Å². The van der Waals surface area contributed by atoms with Crippen LogP contribution in [0.2, 0.25) is 0 Å². The smallest absolute Gasteiger partial charge is 0.418 e. The SMILES string of the molecule is Cc1cc(N)nc(-c2c(F)cc3c(N4C[C@@H]5CC[C@@](C)(C4)N5)nc(OC[C@@]45CCCN4C[C@H](F)C5)nc3c2F)c1C(F)(F)F. The second-order valence-corrected chi connectivity index (χ2v) is 13.0. The van der Waals surface area contributed by atoms with Gasteiger partial charge in [0.2, 0.25) is 0 Å². The van der Waals surface area contributed by atoms with Crippen molar-refractivity contribution in [3.63, 3.8) is 0 Å². The van der Waals surface area contributed by atoms with E-state index in [0.29, 0.717) is 19.6 Å². The number of nitrogens with two attached hydrogens (primary N) is 1. The Bertz CT molecular complexity index is 1650. The Morgan fingerprint density at radius 3 is 2.68 bits per heavy atom. The number of ether oxygens (including phenoxy) is 1. The normalized spacial score (nSPS) is 28.7. The highest BCUT2D eigenvalue weighted by molar-refractivity contribution is 5.94. The maximum atomic E-state index is 16.5. The first-order chi connectivity index (χ1) is 20.8. The molecule has 3 aromatic rings. The zero-order valence-electron chi connectivity index (χ0n) is 24.4. The standard InChI is InChI=1S/C30H33F6N7O/c1-15-8-20(37)38-25(22(15)30(34,35)36)21-19(32)9-18-24(23(21)33)39-27(44-14-29-5-3-7-43(29)11-16(31)10-29)40-26(18)42-12-17-4-6-28(2,13-42)41-17/h8-9,16-17,41H,3-7,10-14H2,1-2H3,(H2,37,38)/t16-,17+,28+,29+/m1/s1. The highest BCUT2D eigenvalue weighted by Crippen LogP contribution is 2.44.